The summed E-state index contributed by atoms with van der Waals surface area (Å²) in [5.74, 6) is -0.0909. The van der Waals surface area contributed by atoms with E-state index in [4.69, 9.17) is 0 Å². The molecule has 0 aromatic carbocycles. The van der Waals surface area contributed by atoms with E-state index in [1.807, 2.05) is 19.1 Å². The van der Waals surface area contributed by atoms with Gasteiger partial charge in [0.25, 0.3) is 0 Å². The minimum Gasteiger partial charge on any atom is -0.353 e. The van der Waals surface area contributed by atoms with Gasteiger partial charge < -0.3 is 10.6 Å². The van der Waals surface area contributed by atoms with Crippen molar-refractivity contribution in [3.05, 3.63) is 38.0 Å². The predicted octanol–water partition coefficient (Wildman–Crippen LogP) is 1.65. The van der Waals surface area contributed by atoms with E-state index in [0.717, 1.165) is 26.1 Å². The highest BCUT2D eigenvalue weighted by molar-refractivity contribution is 5.86. The van der Waals surface area contributed by atoms with Crippen LogP contribution in [0.25, 0.3) is 0 Å². The topological polar surface area (TPSA) is 41.1 Å². The maximum atomic E-state index is 10.3. The minimum atomic E-state index is -0.0909. The zero-order chi connectivity index (χ0) is 11.9. The van der Waals surface area contributed by atoms with Crippen molar-refractivity contribution in [3.8, 4) is 0 Å². The van der Waals surface area contributed by atoms with Gasteiger partial charge in [-0.3, -0.25) is 4.79 Å². The highest BCUT2D eigenvalue weighted by atomic mass is 16.1. The van der Waals surface area contributed by atoms with Crippen molar-refractivity contribution in [2.45, 2.75) is 13.3 Å². The quantitative estimate of drug-likeness (QED) is 0.381. The van der Waals surface area contributed by atoms with Crippen LogP contribution in [-0.4, -0.2) is 25.5 Å². The van der Waals surface area contributed by atoms with Crippen LogP contribution in [0.4, 0.5) is 0 Å². The summed E-state index contributed by atoms with van der Waals surface area (Å²) in [6.07, 6.45) is 5.89. The van der Waals surface area contributed by atoms with Gasteiger partial charge in [0.1, 0.15) is 0 Å². The second-order valence-corrected chi connectivity index (χ2v) is 2.73. The molecule has 0 radical (unpaired) electrons. The van der Waals surface area contributed by atoms with Crippen molar-refractivity contribution in [2.24, 2.45) is 0 Å². The zero-order valence-corrected chi connectivity index (χ0v) is 9.59. The molecular weight excluding hydrogens is 188 g/mol. The largest absolute Gasteiger partial charge is 0.353 e. The first kappa shape index (κ1) is 16.1. The highest BCUT2D eigenvalue weighted by Crippen LogP contribution is 1.70. The summed E-state index contributed by atoms with van der Waals surface area (Å²) in [5.41, 5.74) is 0. The number of nitrogens with one attached hydrogen (secondary N) is 2. The summed E-state index contributed by atoms with van der Waals surface area (Å²) < 4.78 is 0. The van der Waals surface area contributed by atoms with Crippen LogP contribution in [-0.2, 0) is 4.79 Å². The molecule has 0 aromatic rings. The normalized spacial score (nSPS) is 8.07. The van der Waals surface area contributed by atoms with Gasteiger partial charge >= 0.3 is 0 Å². The molecule has 0 fully saturated rings. The van der Waals surface area contributed by atoms with Crippen molar-refractivity contribution in [1.82, 2.24) is 10.6 Å². The lowest BCUT2D eigenvalue weighted by molar-refractivity contribution is -0.116. The van der Waals surface area contributed by atoms with Gasteiger partial charge in [-0.15, -0.1) is 13.2 Å². The molecule has 86 valence electrons. The Balaban J connectivity index is 0. The molecular formula is C12H22N2O. The van der Waals surface area contributed by atoms with Crippen LogP contribution in [0.5, 0.6) is 0 Å². The Labute approximate surface area is 93.0 Å². The first-order chi connectivity index (χ1) is 7.22. The molecule has 0 heterocycles. The van der Waals surface area contributed by atoms with E-state index >= 15 is 0 Å². The molecule has 0 unspecified atom stereocenters. The summed E-state index contributed by atoms with van der Waals surface area (Å²) in [6, 6.07) is 0. The Morgan fingerprint density at radius 3 is 2.07 bits per heavy atom. The van der Waals surface area contributed by atoms with Crippen molar-refractivity contribution < 1.29 is 4.79 Å². The third-order valence-corrected chi connectivity index (χ3v) is 1.31. The number of hydrogen-bond donors (Lipinski definition) is 2. The van der Waals surface area contributed by atoms with Crippen LogP contribution in [0.2, 0.25) is 0 Å². The maximum Gasteiger partial charge on any atom is 0.243 e. The molecule has 0 saturated heterocycles. The Kier molecular flexibility index (Phi) is 16.2. The fourth-order valence-corrected chi connectivity index (χ4v) is 0.608. The van der Waals surface area contributed by atoms with Gasteiger partial charge in [-0.1, -0.05) is 25.7 Å². The van der Waals surface area contributed by atoms with Crippen molar-refractivity contribution in [2.75, 3.05) is 19.6 Å². The van der Waals surface area contributed by atoms with Gasteiger partial charge in [0.2, 0.25) is 5.91 Å². The first-order valence-electron chi connectivity index (χ1n) is 5.05. The minimum absolute atomic E-state index is 0.0909. The van der Waals surface area contributed by atoms with E-state index in [0.29, 0.717) is 0 Å². The standard InChI is InChI=1S/C6H11NO.C6H11N/c1-3-5-7-6(8)4-2;1-3-5-7-6-4-2/h4H,2-3,5H2,1H3,(H,7,8);3-4,7H,1-2,5-6H2. The van der Waals surface area contributed by atoms with Crippen molar-refractivity contribution in [1.29, 1.82) is 0 Å². The Hall–Kier alpha value is -1.35. The fourth-order valence-electron chi connectivity index (χ4n) is 0.608. The first-order valence-corrected chi connectivity index (χ1v) is 5.05. The van der Waals surface area contributed by atoms with Crippen molar-refractivity contribution in [3.63, 3.8) is 0 Å². The second-order valence-electron chi connectivity index (χ2n) is 2.73. The fraction of sp³-hybridized carbons (Fsp3) is 0.417. The van der Waals surface area contributed by atoms with Gasteiger partial charge in [0.15, 0.2) is 0 Å². The number of amides is 1. The third kappa shape index (κ3) is 19.2. The van der Waals surface area contributed by atoms with Gasteiger partial charge in [-0.25, -0.2) is 0 Å². The number of carbonyl (C=O) groups excluding carboxylic acids is 1. The van der Waals surface area contributed by atoms with E-state index in [1.54, 1.807) is 0 Å². The van der Waals surface area contributed by atoms with Crippen LogP contribution < -0.4 is 10.6 Å². The average molecular weight is 210 g/mol. The summed E-state index contributed by atoms with van der Waals surface area (Å²) in [6.45, 7) is 14.9. The molecule has 0 atom stereocenters. The molecule has 3 nitrogen and oxygen atoms in total. The van der Waals surface area contributed by atoms with E-state index in [-0.39, 0.29) is 5.91 Å². The summed E-state index contributed by atoms with van der Waals surface area (Å²) in [7, 11) is 0. The maximum absolute atomic E-state index is 10.3. The molecule has 0 spiro atoms. The molecule has 0 aromatic heterocycles. The Morgan fingerprint density at radius 1 is 1.20 bits per heavy atom. The van der Waals surface area contributed by atoms with E-state index in [1.165, 1.54) is 6.08 Å². The third-order valence-electron chi connectivity index (χ3n) is 1.31. The van der Waals surface area contributed by atoms with Gasteiger partial charge in [0.05, 0.1) is 0 Å². The van der Waals surface area contributed by atoms with Gasteiger partial charge in [-0.2, -0.15) is 0 Å². The van der Waals surface area contributed by atoms with Crippen LogP contribution in [0.3, 0.4) is 0 Å². The second kappa shape index (κ2) is 15.1. The molecule has 0 rings (SSSR count). The van der Waals surface area contributed by atoms with Crippen LogP contribution in [0.1, 0.15) is 13.3 Å². The lowest BCUT2D eigenvalue weighted by Gasteiger charge is -1.94. The van der Waals surface area contributed by atoms with E-state index < -0.39 is 0 Å². The molecule has 1 amide bonds. The molecule has 0 aliphatic rings. The number of hydrogen-bond acceptors (Lipinski definition) is 2. The Morgan fingerprint density at radius 2 is 1.73 bits per heavy atom. The van der Waals surface area contributed by atoms with Crippen molar-refractivity contribution >= 4 is 5.91 Å². The van der Waals surface area contributed by atoms with Gasteiger partial charge in [-0.05, 0) is 12.5 Å². The summed E-state index contributed by atoms with van der Waals surface area (Å²) in [5, 5.41) is 5.67. The smallest absolute Gasteiger partial charge is 0.243 e. The average Bonchev–Trinajstić information content (AvgIpc) is 2.27. The van der Waals surface area contributed by atoms with Gasteiger partial charge in [0, 0.05) is 19.6 Å². The number of carbonyl (C=O) groups is 1. The molecule has 3 heteroatoms. The number of rotatable bonds is 7. The molecule has 0 bridgehead atoms. The lowest BCUT2D eigenvalue weighted by atomic mass is 10.4. The van der Waals surface area contributed by atoms with E-state index in [9.17, 15) is 4.79 Å². The zero-order valence-electron chi connectivity index (χ0n) is 9.59. The molecule has 0 aliphatic carbocycles. The van der Waals surface area contributed by atoms with Crippen LogP contribution in [0, 0.1) is 0 Å². The predicted molar refractivity (Wildman–Crippen MR) is 66.8 cm³/mol. The summed E-state index contributed by atoms with van der Waals surface area (Å²) in [4.78, 5) is 10.3. The molecule has 0 saturated carbocycles. The highest BCUT2D eigenvalue weighted by Gasteiger charge is 1.86. The van der Waals surface area contributed by atoms with Crippen LogP contribution in [0.15, 0.2) is 38.0 Å². The molecule has 2 N–H and O–H groups in total. The van der Waals surface area contributed by atoms with Crippen LogP contribution >= 0.6 is 0 Å². The molecule has 0 aliphatic heterocycles. The lowest BCUT2D eigenvalue weighted by Crippen LogP contribution is -2.20. The SMILES string of the molecule is C=CC(=O)NCCC.C=CCNCC=C. The summed E-state index contributed by atoms with van der Waals surface area (Å²) >= 11 is 0. The Bertz CT molecular complexity index is 180. The van der Waals surface area contributed by atoms with E-state index in [2.05, 4.69) is 30.4 Å². The monoisotopic (exact) mass is 210 g/mol. The molecule has 15 heavy (non-hydrogen) atoms.